The lowest BCUT2D eigenvalue weighted by Crippen LogP contribution is -2.55. The molecule has 2 saturated carbocycles. The number of aromatic nitrogens is 2. The normalized spacial score (nSPS) is 22.9. The lowest BCUT2D eigenvalue weighted by molar-refractivity contribution is -0.120. The van der Waals surface area contributed by atoms with Crippen molar-refractivity contribution < 1.29 is 23.1 Å². The van der Waals surface area contributed by atoms with E-state index in [0.29, 0.717) is 34.9 Å². The summed E-state index contributed by atoms with van der Waals surface area (Å²) < 4.78 is 33.8. The molecule has 5 rings (SSSR count). The number of ether oxygens (including phenoxy) is 1. The van der Waals surface area contributed by atoms with Crippen LogP contribution < -0.4 is 25.2 Å². The summed E-state index contributed by atoms with van der Waals surface area (Å²) in [5.74, 6) is -1.96. The van der Waals surface area contributed by atoms with Crippen LogP contribution in [0.5, 0.6) is 5.75 Å². The van der Waals surface area contributed by atoms with E-state index in [1.165, 1.54) is 18.2 Å². The first-order chi connectivity index (χ1) is 17.2. The van der Waals surface area contributed by atoms with Crippen LogP contribution in [-0.4, -0.2) is 60.0 Å². The molecule has 2 amide bonds. The Labute approximate surface area is 208 Å². The summed E-state index contributed by atoms with van der Waals surface area (Å²) in [5.41, 5.74) is 1.51. The highest BCUT2D eigenvalue weighted by Gasteiger charge is 2.48. The van der Waals surface area contributed by atoms with Crippen molar-refractivity contribution in [1.82, 2.24) is 15.3 Å². The van der Waals surface area contributed by atoms with E-state index in [0.717, 1.165) is 12.8 Å². The number of carbonyl (C=O) groups excluding carboxylic acids is 2. The van der Waals surface area contributed by atoms with Crippen molar-refractivity contribution >= 4 is 35.0 Å². The summed E-state index contributed by atoms with van der Waals surface area (Å²) in [7, 11) is 3.15. The molecule has 2 aliphatic carbocycles. The Balaban J connectivity index is 1.46. The van der Waals surface area contributed by atoms with Gasteiger partial charge in [0.25, 0.3) is 5.91 Å². The number of likely N-dealkylation sites (N-methyl/N-ethyl adjacent to an activating group) is 1. The fourth-order valence-corrected chi connectivity index (χ4v) is 4.98. The molecule has 36 heavy (non-hydrogen) atoms. The molecule has 2 atom stereocenters. The van der Waals surface area contributed by atoms with Crippen molar-refractivity contribution in [2.24, 2.45) is 0 Å². The molecular formula is C25H30F2N6O3. The summed E-state index contributed by atoms with van der Waals surface area (Å²) in [4.78, 5) is 37.7. The number of hydrogen-bond donors (Lipinski definition) is 2. The number of fused-ring (bicyclic) bond motifs is 1. The summed E-state index contributed by atoms with van der Waals surface area (Å²) in [6.45, 7) is 1.87. The van der Waals surface area contributed by atoms with Crippen molar-refractivity contribution in [3.8, 4) is 5.75 Å². The van der Waals surface area contributed by atoms with E-state index in [9.17, 15) is 18.4 Å². The van der Waals surface area contributed by atoms with Gasteiger partial charge in [-0.05, 0) is 43.9 Å². The van der Waals surface area contributed by atoms with E-state index >= 15 is 0 Å². The van der Waals surface area contributed by atoms with Gasteiger partial charge in [-0.2, -0.15) is 4.98 Å². The minimum absolute atomic E-state index is 0.158. The molecule has 11 heteroatoms. The third-order valence-electron chi connectivity index (χ3n) is 7.09. The summed E-state index contributed by atoms with van der Waals surface area (Å²) >= 11 is 0. The molecule has 0 spiro atoms. The number of amides is 2. The zero-order chi connectivity index (χ0) is 25.6. The Morgan fingerprint density at radius 1 is 1.28 bits per heavy atom. The largest absolute Gasteiger partial charge is 0.495 e. The smallest absolute Gasteiger partial charge is 0.251 e. The van der Waals surface area contributed by atoms with E-state index in [1.807, 2.05) is 6.92 Å². The van der Waals surface area contributed by atoms with Crippen molar-refractivity contribution in [2.75, 3.05) is 29.3 Å². The third kappa shape index (κ3) is 4.54. The first kappa shape index (κ1) is 24.2. The fraction of sp³-hybridized carbons (Fsp3) is 0.520. The molecule has 1 aromatic heterocycles. The van der Waals surface area contributed by atoms with E-state index in [4.69, 9.17) is 4.74 Å². The summed E-state index contributed by atoms with van der Waals surface area (Å²) in [6.07, 6.45) is 3.74. The number of benzene rings is 1. The Kier molecular flexibility index (Phi) is 6.17. The molecular weight excluding hydrogens is 470 g/mol. The number of alkyl halides is 2. The molecule has 2 fully saturated rings. The molecule has 0 radical (unpaired) electrons. The molecule has 1 aromatic carbocycles. The Morgan fingerprint density at radius 2 is 2.06 bits per heavy atom. The maximum atomic E-state index is 14.1. The Morgan fingerprint density at radius 3 is 2.69 bits per heavy atom. The minimum atomic E-state index is -2.76. The second-order valence-electron chi connectivity index (χ2n) is 9.67. The van der Waals surface area contributed by atoms with Crippen LogP contribution in [0.3, 0.4) is 0 Å². The number of nitrogens with zero attached hydrogens (tertiary/aromatic N) is 4. The average Bonchev–Trinajstić information content (AvgIpc) is 3.60. The quantitative estimate of drug-likeness (QED) is 0.595. The van der Waals surface area contributed by atoms with Gasteiger partial charge in [0.15, 0.2) is 5.82 Å². The van der Waals surface area contributed by atoms with Crippen LogP contribution >= 0.6 is 0 Å². The highest BCUT2D eigenvalue weighted by Crippen LogP contribution is 2.44. The predicted molar refractivity (Wildman–Crippen MR) is 131 cm³/mol. The molecule has 2 aromatic rings. The zero-order valence-corrected chi connectivity index (χ0v) is 20.6. The number of nitrogens with one attached hydrogen (secondary N) is 2. The van der Waals surface area contributed by atoms with Gasteiger partial charge in [-0.25, -0.2) is 13.8 Å². The van der Waals surface area contributed by atoms with Crippen LogP contribution in [0.15, 0.2) is 24.4 Å². The van der Waals surface area contributed by atoms with E-state index in [-0.39, 0.29) is 43.1 Å². The van der Waals surface area contributed by atoms with Crippen LogP contribution in [0.4, 0.5) is 31.9 Å². The second kappa shape index (κ2) is 9.18. The number of methoxy groups -OCH3 is 1. The number of anilines is 4. The second-order valence-corrected chi connectivity index (χ2v) is 9.67. The van der Waals surface area contributed by atoms with Crippen molar-refractivity contribution in [2.45, 2.75) is 69.5 Å². The molecule has 0 bridgehead atoms. The molecule has 192 valence electrons. The Hall–Kier alpha value is -3.50. The van der Waals surface area contributed by atoms with Gasteiger partial charge in [-0.3, -0.25) is 9.59 Å². The van der Waals surface area contributed by atoms with Gasteiger partial charge in [0, 0.05) is 37.5 Å². The van der Waals surface area contributed by atoms with Gasteiger partial charge in [0.2, 0.25) is 17.8 Å². The molecule has 2 N–H and O–H groups in total. The molecule has 2 heterocycles. The summed E-state index contributed by atoms with van der Waals surface area (Å²) in [5, 5.41) is 6.07. The maximum Gasteiger partial charge on any atom is 0.251 e. The average molecular weight is 501 g/mol. The van der Waals surface area contributed by atoms with Gasteiger partial charge in [-0.1, -0.05) is 6.92 Å². The number of rotatable bonds is 7. The van der Waals surface area contributed by atoms with Gasteiger partial charge in [0.05, 0.1) is 19.0 Å². The maximum absolute atomic E-state index is 14.1. The SMILES string of the molecule is CCC1C(=O)N(C)c2cnc(Nc3ccc(C(=O)NC4CC4)cc3OC)nc2N1[C@@H]1CCC(F)(F)C1. The highest BCUT2D eigenvalue weighted by atomic mass is 19.3. The standard InChI is InChI=1S/C25H30F2N6O3/c1-4-18-23(35)32(2)19-13-28-24(31-21(19)33(18)16-9-10-25(26,27)12-16)30-17-8-5-14(11-20(17)36-3)22(34)29-15-6-7-15/h5,8,11,13,15-16,18H,4,6-7,9-10,12H2,1-3H3,(H,29,34)(H,28,30,31)/t16-,18?/m1/s1. The Bertz CT molecular complexity index is 1190. The van der Waals surface area contributed by atoms with Crippen LogP contribution in [-0.2, 0) is 4.79 Å². The van der Waals surface area contributed by atoms with E-state index in [2.05, 4.69) is 20.6 Å². The predicted octanol–water partition coefficient (Wildman–Crippen LogP) is 3.87. The van der Waals surface area contributed by atoms with E-state index < -0.39 is 18.0 Å². The van der Waals surface area contributed by atoms with Gasteiger partial charge in [0.1, 0.15) is 17.5 Å². The zero-order valence-electron chi connectivity index (χ0n) is 20.6. The van der Waals surface area contributed by atoms with Crippen LogP contribution in [0.2, 0.25) is 0 Å². The molecule has 0 saturated heterocycles. The number of halogens is 2. The first-order valence-electron chi connectivity index (χ1n) is 12.3. The lowest BCUT2D eigenvalue weighted by atomic mass is 10.0. The third-order valence-corrected chi connectivity index (χ3v) is 7.09. The molecule has 3 aliphatic rings. The number of carbonyl (C=O) groups is 2. The fourth-order valence-electron chi connectivity index (χ4n) is 4.98. The number of hydrogen-bond acceptors (Lipinski definition) is 7. The first-order valence-corrected chi connectivity index (χ1v) is 12.3. The molecule has 1 unspecified atom stereocenters. The van der Waals surface area contributed by atoms with Crippen LogP contribution in [0.1, 0.15) is 55.8 Å². The minimum Gasteiger partial charge on any atom is -0.495 e. The van der Waals surface area contributed by atoms with Crippen LogP contribution in [0, 0.1) is 0 Å². The molecule has 1 aliphatic heterocycles. The molecule has 9 nitrogen and oxygen atoms in total. The summed E-state index contributed by atoms with van der Waals surface area (Å²) in [6, 6.07) is 4.21. The van der Waals surface area contributed by atoms with Gasteiger partial charge < -0.3 is 25.2 Å². The van der Waals surface area contributed by atoms with Gasteiger partial charge >= 0.3 is 0 Å². The topological polar surface area (TPSA) is 99.7 Å². The van der Waals surface area contributed by atoms with E-state index in [1.54, 1.807) is 30.1 Å². The van der Waals surface area contributed by atoms with Crippen molar-refractivity contribution in [3.05, 3.63) is 30.0 Å². The lowest BCUT2D eigenvalue weighted by Gasteiger charge is -2.43. The van der Waals surface area contributed by atoms with Gasteiger partial charge in [-0.15, -0.1) is 0 Å². The van der Waals surface area contributed by atoms with Crippen molar-refractivity contribution in [1.29, 1.82) is 0 Å². The highest BCUT2D eigenvalue weighted by molar-refractivity contribution is 6.04. The van der Waals surface area contributed by atoms with Crippen LogP contribution in [0.25, 0.3) is 0 Å². The monoisotopic (exact) mass is 500 g/mol. The van der Waals surface area contributed by atoms with Crippen molar-refractivity contribution in [3.63, 3.8) is 0 Å².